The monoisotopic (exact) mass is 377 g/mol. The molecule has 136 valence electrons. The van der Waals surface area contributed by atoms with Gasteiger partial charge in [-0.3, -0.25) is 4.68 Å². The van der Waals surface area contributed by atoms with Gasteiger partial charge in [-0.25, -0.2) is 15.0 Å². The van der Waals surface area contributed by atoms with Gasteiger partial charge in [0.05, 0.1) is 16.5 Å². The normalized spacial score (nSPS) is 14.9. The van der Waals surface area contributed by atoms with Crippen LogP contribution < -0.4 is 9.80 Å². The van der Waals surface area contributed by atoms with Gasteiger partial charge in [0.1, 0.15) is 12.1 Å². The first kappa shape index (κ1) is 16.2. The number of piperazine rings is 1. The van der Waals surface area contributed by atoms with E-state index in [1.54, 1.807) is 22.3 Å². The molecule has 27 heavy (non-hydrogen) atoms. The number of aryl methyl sites for hydroxylation is 1. The number of hydrogen-bond acceptors (Lipinski definition) is 7. The number of anilines is 2. The molecule has 1 aromatic carbocycles. The van der Waals surface area contributed by atoms with E-state index in [-0.39, 0.29) is 0 Å². The predicted molar refractivity (Wildman–Crippen MR) is 108 cm³/mol. The minimum atomic E-state index is 0.870. The Hall–Kier alpha value is -3.00. The molecule has 1 fully saturated rings. The lowest BCUT2D eigenvalue weighted by atomic mass is 10.2. The van der Waals surface area contributed by atoms with E-state index in [0.717, 1.165) is 48.2 Å². The Morgan fingerprint density at radius 2 is 1.67 bits per heavy atom. The summed E-state index contributed by atoms with van der Waals surface area (Å²) in [5, 5.41) is 6.41. The van der Waals surface area contributed by atoms with Crippen molar-refractivity contribution in [2.24, 2.45) is 7.05 Å². The van der Waals surface area contributed by atoms with Crippen molar-refractivity contribution in [2.45, 2.75) is 0 Å². The van der Waals surface area contributed by atoms with Crippen molar-refractivity contribution < 1.29 is 0 Å². The minimum Gasteiger partial charge on any atom is -0.352 e. The lowest BCUT2D eigenvalue weighted by Gasteiger charge is -2.35. The SMILES string of the molecule is Cn1ncc2c(N3CCN(c4ncc(-c5ccccc5)s4)CC3)ncnc21. The molecular formula is C19H19N7S. The third-order valence-electron chi connectivity index (χ3n) is 4.91. The maximum absolute atomic E-state index is 4.65. The van der Waals surface area contributed by atoms with E-state index >= 15 is 0 Å². The number of rotatable bonds is 3. The number of fused-ring (bicyclic) bond motifs is 1. The highest BCUT2D eigenvalue weighted by Gasteiger charge is 2.22. The second-order valence-corrected chi connectivity index (χ2v) is 7.56. The van der Waals surface area contributed by atoms with Gasteiger partial charge in [0.15, 0.2) is 10.8 Å². The third-order valence-corrected chi connectivity index (χ3v) is 6.02. The zero-order chi connectivity index (χ0) is 18.2. The van der Waals surface area contributed by atoms with Crippen molar-refractivity contribution in [3.63, 3.8) is 0 Å². The Morgan fingerprint density at radius 1 is 0.889 bits per heavy atom. The van der Waals surface area contributed by atoms with Crippen molar-refractivity contribution in [2.75, 3.05) is 36.0 Å². The molecule has 4 aromatic rings. The molecule has 0 N–H and O–H groups in total. The number of nitrogens with zero attached hydrogens (tertiary/aromatic N) is 7. The summed E-state index contributed by atoms with van der Waals surface area (Å²) < 4.78 is 1.79. The van der Waals surface area contributed by atoms with Crippen molar-refractivity contribution >= 4 is 33.3 Å². The molecule has 3 aromatic heterocycles. The van der Waals surface area contributed by atoms with E-state index in [0.29, 0.717) is 0 Å². The van der Waals surface area contributed by atoms with Crippen molar-refractivity contribution in [3.8, 4) is 10.4 Å². The number of benzene rings is 1. The first-order valence-electron chi connectivity index (χ1n) is 8.93. The second kappa shape index (κ2) is 6.62. The van der Waals surface area contributed by atoms with Gasteiger partial charge in [-0.1, -0.05) is 41.7 Å². The average molecular weight is 377 g/mol. The van der Waals surface area contributed by atoms with Gasteiger partial charge in [0.2, 0.25) is 0 Å². The Labute approximate surface area is 160 Å². The Morgan fingerprint density at radius 3 is 2.48 bits per heavy atom. The van der Waals surface area contributed by atoms with E-state index in [9.17, 15) is 0 Å². The highest BCUT2D eigenvalue weighted by Crippen LogP contribution is 2.32. The molecule has 8 heteroatoms. The van der Waals surface area contributed by atoms with E-state index in [1.165, 1.54) is 10.4 Å². The van der Waals surface area contributed by atoms with Crippen molar-refractivity contribution in [1.29, 1.82) is 0 Å². The van der Waals surface area contributed by atoms with E-state index in [1.807, 2.05) is 25.5 Å². The van der Waals surface area contributed by atoms with E-state index in [2.05, 4.69) is 54.1 Å². The summed E-state index contributed by atoms with van der Waals surface area (Å²) >= 11 is 1.75. The van der Waals surface area contributed by atoms with Crippen LogP contribution in [-0.4, -0.2) is 50.9 Å². The molecule has 0 bridgehead atoms. The maximum Gasteiger partial charge on any atom is 0.185 e. The predicted octanol–water partition coefficient (Wildman–Crippen LogP) is 2.81. The van der Waals surface area contributed by atoms with E-state index < -0.39 is 0 Å². The first-order valence-corrected chi connectivity index (χ1v) is 9.75. The summed E-state index contributed by atoms with van der Waals surface area (Å²) in [5.74, 6) is 0.969. The van der Waals surface area contributed by atoms with Crippen LogP contribution in [0.2, 0.25) is 0 Å². The molecule has 5 rings (SSSR count). The molecule has 1 aliphatic heterocycles. The molecular weight excluding hydrogens is 358 g/mol. The molecule has 0 saturated carbocycles. The largest absolute Gasteiger partial charge is 0.352 e. The minimum absolute atomic E-state index is 0.870. The molecule has 0 radical (unpaired) electrons. The molecule has 4 heterocycles. The quantitative estimate of drug-likeness (QED) is 0.547. The maximum atomic E-state index is 4.65. The molecule has 0 amide bonds. The summed E-state index contributed by atoms with van der Waals surface area (Å²) in [6, 6.07) is 10.4. The lowest BCUT2D eigenvalue weighted by Crippen LogP contribution is -2.46. The Balaban J connectivity index is 1.32. The molecule has 1 aliphatic rings. The van der Waals surface area contributed by atoms with Gasteiger partial charge in [-0.05, 0) is 5.56 Å². The van der Waals surface area contributed by atoms with Crippen LogP contribution in [0.15, 0.2) is 49.1 Å². The van der Waals surface area contributed by atoms with Gasteiger partial charge < -0.3 is 9.80 Å². The zero-order valence-corrected chi connectivity index (χ0v) is 15.8. The van der Waals surface area contributed by atoms with Crippen molar-refractivity contribution in [1.82, 2.24) is 24.7 Å². The average Bonchev–Trinajstić information content (AvgIpc) is 3.37. The van der Waals surface area contributed by atoms with Crippen LogP contribution in [0.4, 0.5) is 10.9 Å². The van der Waals surface area contributed by atoms with Crippen molar-refractivity contribution in [3.05, 3.63) is 49.1 Å². The van der Waals surface area contributed by atoms with Gasteiger partial charge in [0, 0.05) is 39.4 Å². The fourth-order valence-corrected chi connectivity index (χ4v) is 4.43. The van der Waals surface area contributed by atoms with Crippen LogP contribution in [0.25, 0.3) is 21.5 Å². The molecule has 1 saturated heterocycles. The molecule has 0 atom stereocenters. The van der Waals surface area contributed by atoms with Crippen LogP contribution in [-0.2, 0) is 7.05 Å². The van der Waals surface area contributed by atoms with Crippen LogP contribution in [0.3, 0.4) is 0 Å². The van der Waals surface area contributed by atoms with Crippen LogP contribution in [0, 0.1) is 0 Å². The van der Waals surface area contributed by atoms with Gasteiger partial charge in [-0.2, -0.15) is 5.10 Å². The second-order valence-electron chi connectivity index (χ2n) is 6.55. The Bertz CT molecular complexity index is 1060. The zero-order valence-electron chi connectivity index (χ0n) is 15.0. The van der Waals surface area contributed by atoms with Gasteiger partial charge in [0.25, 0.3) is 0 Å². The standard InChI is InChI=1S/C19H19N7S/c1-24-17-15(11-23-24)18(22-13-21-17)25-7-9-26(10-8-25)19-20-12-16(27-19)14-5-3-2-4-6-14/h2-6,11-13H,7-10H2,1H3. The highest BCUT2D eigenvalue weighted by molar-refractivity contribution is 7.18. The fraction of sp³-hybridized carbons (Fsp3) is 0.263. The summed E-state index contributed by atoms with van der Waals surface area (Å²) in [6.07, 6.45) is 5.45. The highest BCUT2D eigenvalue weighted by atomic mass is 32.1. The third kappa shape index (κ3) is 2.91. The number of aromatic nitrogens is 5. The number of hydrogen-bond donors (Lipinski definition) is 0. The molecule has 0 aliphatic carbocycles. The van der Waals surface area contributed by atoms with Crippen LogP contribution >= 0.6 is 11.3 Å². The molecule has 0 unspecified atom stereocenters. The van der Waals surface area contributed by atoms with Crippen LogP contribution in [0.5, 0.6) is 0 Å². The molecule has 7 nitrogen and oxygen atoms in total. The van der Waals surface area contributed by atoms with Gasteiger partial charge in [-0.15, -0.1) is 0 Å². The van der Waals surface area contributed by atoms with E-state index in [4.69, 9.17) is 0 Å². The van der Waals surface area contributed by atoms with Crippen LogP contribution in [0.1, 0.15) is 0 Å². The summed E-state index contributed by atoms with van der Waals surface area (Å²) in [6.45, 7) is 3.66. The smallest absolute Gasteiger partial charge is 0.185 e. The lowest BCUT2D eigenvalue weighted by molar-refractivity contribution is 0.647. The Kier molecular flexibility index (Phi) is 3.97. The molecule has 0 spiro atoms. The summed E-state index contributed by atoms with van der Waals surface area (Å²) in [7, 11) is 1.91. The topological polar surface area (TPSA) is 63.0 Å². The number of thiazole rings is 1. The summed E-state index contributed by atoms with van der Waals surface area (Å²) in [5.41, 5.74) is 2.09. The fourth-order valence-electron chi connectivity index (χ4n) is 3.46. The summed E-state index contributed by atoms with van der Waals surface area (Å²) in [4.78, 5) is 19.4. The van der Waals surface area contributed by atoms with Gasteiger partial charge >= 0.3 is 0 Å². The first-order chi connectivity index (χ1) is 13.3.